The van der Waals surface area contributed by atoms with Gasteiger partial charge in [0.15, 0.2) is 5.82 Å². The summed E-state index contributed by atoms with van der Waals surface area (Å²) in [6.45, 7) is 0. The molecule has 0 saturated heterocycles. The van der Waals surface area contributed by atoms with Gasteiger partial charge in [-0.05, 0) is 37.9 Å². The molecule has 0 fully saturated rings. The second-order valence-corrected chi connectivity index (χ2v) is 7.73. The summed E-state index contributed by atoms with van der Waals surface area (Å²) >= 11 is 0. The number of benzene rings is 2. The molecule has 9 nitrogen and oxygen atoms in total. The minimum atomic E-state index is -0.686. The van der Waals surface area contributed by atoms with Crippen LogP contribution in [0.4, 0.5) is 10.1 Å². The van der Waals surface area contributed by atoms with E-state index < -0.39 is 18.1 Å². The number of hydrogen-bond donors (Lipinski definition) is 1. The molecule has 1 amide bonds. The van der Waals surface area contributed by atoms with Crippen LogP contribution >= 0.6 is 0 Å². The van der Waals surface area contributed by atoms with Crippen molar-refractivity contribution in [1.29, 1.82) is 0 Å². The van der Waals surface area contributed by atoms with Crippen LogP contribution in [0.2, 0.25) is 0 Å². The van der Waals surface area contributed by atoms with Gasteiger partial charge in [0.2, 0.25) is 12.1 Å². The average Bonchev–Trinajstić information content (AvgIpc) is 3.44. The summed E-state index contributed by atoms with van der Waals surface area (Å²) in [6, 6.07) is 14.3. The van der Waals surface area contributed by atoms with Crippen molar-refractivity contribution < 1.29 is 13.9 Å². The molecule has 33 heavy (non-hydrogen) atoms. The molecule has 0 bridgehead atoms. The molecule has 4 aromatic rings. The monoisotopic (exact) mass is 445 g/mol. The highest BCUT2D eigenvalue weighted by atomic mass is 19.1. The van der Waals surface area contributed by atoms with Gasteiger partial charge in [0.1, 0.15) is 5.82 Å². The van der Waals surface area contributed by atoms with E-state index >= 15 is 0 Å². The van der Waals surface area contributed by atoms with E-state index in [1.54, 1.807) is 48.4 Å². The first-order valence-electron chi connectivity index (χ1n) is 10.1. The van der Waals surface area contributed by atoms with Crippen LogP contribution < -0.4 is 10.6 Å². The number of nitrogens with zero attached hydrogens (tertiary/aromatic N) is 6. The summed E-state index contributed by atoms with van der Waals surface area (Å²) in [5, 5.41) is 4.45. The number of primary amides is 1. The highest BCUT2D eigenvalue weighted by Gasteiger charge is 2.32. The molecule has 0 radical (unpaired) electrons. The second kappa shape index (κ2) is 7.99. The number of halogens is 1. The van der Waals surface area contributed by atoms with Crippen LogP contribution in [-0.2, 0) is 9.53 Å². The Bertz CT molecular complexity index is 1380. The molecule has 166 valence electrons. The van der Waals surface area contributed by atoms with Crippen molar-refractivity contribution in [2.45, 2.75) is 6.35 Å². The topological polar surface area (TPSA) is 102 Å². The predicted molar refractivity (Wildman–Crippen MR) is 120 cm³/mol. The Labute approximate surface area is 188 Å². The van der Waals surface area contributed by atoms with Crippen molar-refractivity contribution in [2.75, 3.05) is 19.0 Å². The Kier molecular flexibility index (Phi) is 4.98. The van der Waals surface area contributed by atoms with E-state index in [1.165, 1.54) is 16.8 Å². The first-order valence-corrected chi connectivity index (χ1v) is 10.1. The summed E-state index contributed by atoms with van der Waals surface area (Å²) < 4.78 is 22.0. The molecule has 1 atom stereocenters. The van der Waals surface area contributed by atoms with Crippen LogP contribution in [0.25, 0.3) is 28.3 Å². The summed E-state index contributed by atoms with van der Waals surface area (Å²) in [6.07, 6.45) is 4.38. The van der Waals surface area contributed by atoms with Crippen LogP contribution in [0.5, 0.6) is 0 Å². The van der Waals surface area contributed by atoms with Gasteiger partial charge in [0.25, 0.3) is 11.7 Å². The van der Waals surface area contributed by atoms with Gasteiger partial charge in [0, 0.05) is 23.6 Å². The number of carbonyl (C=O) groups excluding carboxylic acids is 1. The molecule has 10 heteroatoms. The zero-order valence-corrected chi connectivity index (χ0v) is 17.9. The first kappa shape index (κ1) is 20.6. The lowest BCUT2D eigenvalue weighted by Gasteiger charge is -2.29. The number of hydrogen-bond acceptors (Lipinski definition) is 7. The molecule has 3 heterocycles. The van der Waals surface area contributed by atoms with Crippen LogP contribution in [0, 0.1) is 5.82 Å². The van der Waals surface area contributed by atoms with E-state index in [9.17, 15) is 9.18 Å². The fourth-order valence-corrected chi connectivity index (χ4v) is 3.59. The second-order valence-electron chi connectivity index (χ2n) is 7.73. The normalized spacial score (nSPS) is 15.7. The van der Waals surface area contributed by atoms with E-state index in [-0.39, 0.29) is 17.1 Å². The van der Waals surface area contributed by atoms with Crippen LogP contribution in [0.1, 0.15) is 0 Å². The van der Waals surface area contributed by atoms with Crippen molar-refractivity contribution in [2.24, 2.45) is 5.73 Å². The fourth-order valence-electron chi connectivity index (χ4n) is 3.59. The number of ether oxygens (including phenoxy) is 1. The lowest BCUT2D eigenvalue weighted by atomic mass is 10.1. The summed E-state index contributed by atoms with van der Waals surface area (Å²) in [7, 11) is 3.58. The molecule has 1 aliphatic rings. The van der Waals surface area contributed by atoms with E-state index in [0.717, 1.165) is 11.1 Å². The molecule has 2 N–H and O–H groups in total. The Hall–Kier alpha value is -4.31. The van der Waals surface area contributed by atoms with Gasteiger partial charge in [-0.15, -0.1) is 5.10 Å². The predicted octanol–water partition coefficient (Wildman–Crippen LogP) is 2.61. The van der Waals surface area contributed by atoms with Gasteiger partial charge >= 0.3 is 0 Å². The Morgan fingerprint density at radius 1 is 1.15 bits per heavy atom. The molecular formula is C23H20FN7O2. The van der Waals surface area contributed by atoms with Gasteiger partial charge in [-0.2, -0.15) is 4.98 Å². The molecule has 0 saturated carbocycles. The zero-order valence-electron chi connectivity index (χ0n) is 17.9. The summed E-state index contributed by atoms with van der Waals surface area (Å²) in [5.74, 6) is -0.621. The van der Waals surface area contributed by atoms with Gasteiger partial charge in [-0.25, -0.2) is 13.9 Å². The van der Waals surface area contributed by atoms with E-state index in [1.807, 2.05) is 30.3 Å². The highest BCUT2D eigenvalue weighted by Crippen LogP contribution is 2.31. The number of carbonyl (C=O) groups is 1. The number of aromatic nitrogens is 4. The number of nitrogens with two attached hydrogens (primary N) is 1. The van der Waals surface area contributed by atoms with Gasteiger partial charge < -0.3 is 10.5 Å². The molecular weight excluding hydrogens is 425 g/mol. The molecule has 1 unspecified atom stereocenters. The van der Waals surface area contributed by atoms with E-state index in [4.69, 9.17) is 10.5 Å². The third kappa shape index (κ3) is 3.76. The molecule has 2 aromatic heterocycles. The summed E-state index contributed by atoms with van der Waals surface area (Å²) in [4.78, 5) is 23.8. The average molecular weight is 445 g/mol. The Balaban J connectivity index is 1.55. The highest BCUT2D eigenvalue weighted by molar-refractivity contribution is 5.91. The fraction of sp³-hybridized carbons (Fsp3) is 0.130. The number of amides is 1. The van der Waals surface area contributed by atoms with Crippen LogP contribution in [0.15, 0.2) is 72.9 Å². The first-order chi connectivity index (χ1) is 15.9. The van der Waals surface area contributed by atoms with Crippen molar-refractivity contribution in [3.63, 3.8) is 0 Å². The third-order valence-corrected chi connectivity index (χ3v) is 5.20. The molecule has 0 spiro atoms. The standard InChI is InChI=1S/C23H20FN7O2/c1-29(2)23-30(13-19(33-23)20(25)32)16-8-9-18(24)17(10-16)21-27-22-26-11-15(12-31(22)28-21)14-6-4-3-5-7-14/h3-13,23H,1-2H3,(H2,25,32). The van der Waals surface area contributed by atoms with Gasteiger partial charge in [-0.1, -0.05) is 30.3 Å². The van der Waals surface area contributed by atoms with Crippen molar-refractivity contribution >= 4 is 17.4 Å². The molecule has 5 rings (SSSR count). The smallest absolute Gasteiger partial charge is 0.285 e. The van der Waals surface area contributed by atoms with Crippen molar-refractivity contribution in [1.82, 2.24) is 24.5 Å². The lowest BCUT2D eigenvalue weighted by Crippen LogP contribution is -2.40. The molecule has 1 aliphatic heterocycles. The quantitative estimate of drug-likeness (QED) is 0.504. The van der Waals surface area contributed by atoms with E-state index in [2.05, 4.69) is 15.1 Å². The zero-order chi connectivity index (χ0) is 23.1. The van der Waals surface area contributed by atoms with Crippen molar-refractivity contribution in [3.8, 4) is 22.5 Å². The third-order valence-electron chi connectivity index (χ3n) is 5.20. The molecule has 0 aliphatic carbocycles. The van der Waals surface area contributed by atoms with Gasteiger partial charge in [0.05, 0.1) is 11.8 Å². The Morgan fingerprint density at radius 2 is 1.94 bits per heavy atom. The maximum absolute atomic E-state index is 14.8. The van der Waals surface area contributed by atoms with E-state index in [0.29, 0.717) is 11.5 Å². The largest absolute Gasteiger partial charge is 0.449 e. The van der Waals surface area contributed by atoms with Crippen LogP contribution in [0.3, 0.4) is 0 Å². The number of anilines is 1. The van der Waals surface area contributed by atoms with Crippen molar-refractivity contribution in [3.05, 3.63) is 78.7 Å². The number of fused-ring (bicyclic) bond motifs is 1. The minimum absolute atomic E-state index is 0.0167. The number of rotatable bonds is 5. The molecule has 2 aromatic carbocycles. The minimum Gasteiger partial charge on any atom is -0.449 e. The Morgan fingerprint density at radius 3 is 2.67 bits per heavy atom. The van der Waals surface area contributed by atoms with Crippen LogP contribution in [-0.4, -0.2) is 50.8 Å². The maximum Gasteiger partial charge on any atom is 0.285 e. The maximum atomic E-state index is 14.8. The lowest BCUT2D eigenvalue weighted by molar-refractivity contribution is -0.119. The summed E-state index contributed by atoms with van der Waals surface area (Å²) in [5.41, 5.74) is 8.00. The van der Waals surface area contributed by atoms with Gasteiger partial charge in [-0.3, -0.25) is 14.6 Å². The SMILES string of the molecule is CN(C)C1OC(C(N)=O)=CN1c1ccc(F)c(-c2nc3ncc(-c4ccccc4)cn3n2)c1.